The van der Waals surface area contributed by atoms with Crippen LogP contribution in [-0.2, 0) is 25.1 Å². The molecule has 3 amide bonds. The van der Waals surface area contributed by atoms with Gasteiger partial charge in [0.25, 0.3) is 0 Å². The smallest absolute Gasteiger partial charge is 0.387 e. The van der Waals surface area contributed by atoms with Gasteiger partial charge in [-0.05, 0) is 6.07 Å². The molecule has 0 bridgehead atoms. The summed E-state index contributed by atoms with van der Waals surface area (Å²) in [6.45, 7) is -2.38. The van der Waals surface area contributed by atoms with Crippen LogP contribution in [0.25, 0.3) is 0 Å². The normalized spacial score (nSPS) is 15.1. The number of morpholine rings is 1. The average Bonchev–Trinajstić information content (AvgIpc) is 2.72. The Labute approximate surface area is 178 Å². The highest BCUT2D eigenvalue weighted by molar-refractivity contribution is 7.90. The molecule has 2 rings (SSSR count). The van der Waals surface area contributed by atoms with E-state index in [1.54, 1.807) is 6.07 Å². The molecule has 1 aliphatic heterocycles. The van der Waals surface area contributed by atoms with Gasteiger partial charge < -0.3 is 25.0 Å². The van der Waals surface area contributed by atoms with Gasteiger partial charge in [0, 0.05) is 18.7 Å². The number of amides is 3. The fourth-order valence-corrected chi connectivity index (χ4v) is 4.40. The number of carbonyl (C=O) groups is 2. The van der Waals surface area contributed by atoms with E-state index in [0.29, 0.717) is 13.2 Å². The zero-order valence-electron chi connectivity index (χ0n) is 16.4. The molecule has 0 aromatic heterocycles. The Morgan fingerprint density at radius 2 is 1.94 bits per heavy atom. The summed E-state index contributed by atoms with van der Waals surface area (Å²) in [4.78, 5) is 26.1. The number of hydrogen-bond acceptors (Lipinski definition) is 7. The van der Waals surface area contributed by atoms with Gasteiger partial charge in [0.2, 0.25) is 5.91 Å². The highest BCUT2D eigenvalue weighted by Gasteiger charge is 2.30. The summed E-state index contributed by atoms with van der Waals surface area (Å²) in [6, 6.07) is 4.93. The third-order valence-electron chi connectivity index (χ3n) is 4.24. The Bertz CT molecular complexity index is 916. The molecule has 0 radical (unpaired) electrons. The number of sulfone groups is 1. The van der Waals surface area contributed by atoms with Crippen molar-refractivity contribution in [3.8, 4) is 11.8 Å². The SMILES string of the molecule is N#CCNC(=O)[C@H](CS(=O)(=O)Cc1ccccc1OC(F)F)NC(=O)N1CCOCC1. The van der Waals surface area contributed by atoms with Gasteiger partial charge in [0.1, 0.15) is 18.3 Å². The number of halogens is 2. The Morgan fingerprint density at radius 1 is 1.26 bits per heavy atom. The molecular formula is C18H22F2N4O6S. The number of nitrogens with zero attached hydrogens (tertiary/aromatic N) is 2. The first-order valence-corrected chi connectivity index (χ1v) is 11.0. The number of alkyl halides is 2. The number of para-hydroxylation sites is 1. The maximum absolute atomic E-state index is 12.7. The Kier molecular flexibility index (Phi) is 8.95. The summed E-state index contributed by atoms with van der Waals surface area (Å²) in [5, 5.41) is 13.2. The highest BCUT2D eigenvalue weighted by Crippen LogP contribution is 2.23. The Morgan fingerprint density at radius 3 is 2.58 bits per heavy atom. The minimum Gasteiger partial charge on any atom is -0.435 e. The third-order valence-corrected chi connectivity index (χ3v) is 5.83. The Balaban J connectivity index is 2.15. The molecule has 13 heteroatoms. The lowest BCUT2D eigenvalue weighted by Gasteiger charge is -2.29. The molecule has 0 spiro atoms. The fraction of sp³-hybridized carbons (Fsp3) is 0.500. The second kappa shape index (κ2) is 11.4. The van der Waals surface area contributed by atoms with Gasteiger partial charge in [-0.3, -0.25) is 4.79 Å². The lowest BCUT2D eigenvalue weighted by atomic mass is 10.2. The van der Waals surface area contributed by atoms with Crippen LogP contribution in [0.1, 0.15) is 5.56 Å². The van der Waals surface area contributed by atoms with Crippen LogP contribution in [-0.4, -0.2) is 76.5 Å². The van der Waals surface area contributed by atoms with Crippen molar-refractivity contribution in [1.82, 2.24) is 15.5 Å². The third kappa shape index (κ3) is 7.99. The number of hydrogen-bond donors (Lipinski definition) is 2. The zero-order valence-corrected chi connectivity index (χ0v) is 17.2. The van der Waals surface area contributed by atoms with Crippen molar-refractivity contribution in [2.45, 2.75) is 18.4 Å². The first kappa shape index (κ1) is 24.3. The predicted molar refractivity (Wildman–Crippen MR) is 104 cm³/mol. The van der Waals surface area contributed by atoms with E-state index in [2.05, 4.69) is 15.4 Å². The van der Waals surface area contributed by atoms with Crippen LogP contribution in [0, 0.1) is 11.3 Å². The van der Waals surface area contributed by atoms with E-state index >= 15 is 0 Å². The minimum absolute atomic E-state index is 0.0153. The minimum atomic E-state index is -4.07. The lowest BCUT2D eigenvalue weighted by Crippen LogP contribution is -2.55. The highest BCUT2D eigenvalue weighted by atomic mass is 32.2. The molecule has 0 saturated carbocycles. The van der Waals surface area contributed by atoms with Crippen molar-refractivity contribution >= 4 is 21.8 Å². The summed E-state index contributed by atoms with van der Waals surface area (Å²) in [6.07, 6.45) is 0. The van der Waals surface area contributed by atoms with Gasteiger partial charge in [-0.2, -0.15) is 14.0 Å². The zero-order chi connectivity index (χ0) is 22.9. The lowest BCUT2D eigenvalue weighted by molar-refractivity contribution is -0.122. The Hall–Kier alpha value is -2.98. The van der Waals surface area contributed by atoms with Gasteiger partial charge in [-0.1, -0.05) is 18.2 Å². The van der Waals surface area contributed by atoms with Gasteiger partial charge in [0.15, 0.2) is 9.84 Å². The molecule has 1 heterocycles. The molecule has 170 valence electrons. The van der Waals surface area contributed by atoms with E-state index in [0.717, 1.165) is 0 Å². The largest absolute Gasteiger partial charge is 0.435 e. The second-order valence-corrected chi connectivity index (χ2v) is 8.63. The molecule has 0 aliphatic carbocycles. The first-order chi connectivity index (χ1) is 14.7. The molecule has 1 aliphatic rings. The fourth-order valence-electron chi connectivity index (χ4n) is 2.82. The molecule has 1 aromatic carbocycles. The molecule has 1 atom stereocenters. The number of rotatable bonds is 9. The summed E-state index contributed by atoms with van der Waals surface area (Å²) in [5.74, 6) is -2.65. The van der Waals surface area contributed by atoms with Crippen LogP contribution in [0.5, 0.6) is 5.75 Å². The van der Waals surface area contributed by atoms with Gasteiger partial charge in [0.05, 0.1) is 30.8 Å². The summed E-state index contributed by atoms with van der Waals surface area (Å²) < 4.78 is 60.1. The maximum Gasteiger partial charge on any atom is 0.387 e. The number of carbonyl (C=O) groups excluding carboxylic acids is 2. The van der Waals surface area contributed by atoms with E-state index in [9.17, 15) is 26.8 Å². The van der Waals surface area contributed by atoms with E-state index in [1.807, 2.05) is 0 Å². The molecule has 1 aromatic rings. The molecule has 1 saturated heterocycles. The van der Waals surface area contributed by atoms with Crippen molar-refractivity contribution in [2.24, 2.45) is 0 Å². The molecule has 1 fully saturated rings. The number of urea groups is 1. The number of ether oxygens (including phenoxy) is 2. The monoisotopic (exact) mass is 460 g/mol. The van der Waals surface area contributed by atoms with Crippen molar-refractivity contribution in [3.05, 3.63) is 29.8 Å². The van der Waals surface area contributed by atoms with E-state index in [1.165, 1.54) is 29.2 Å². The standard InChI is InChI=1S/C18H22F2N4O6S/c19-17(20)30-15-4-2-1-3-13(15)11-31(27,28)12-14(16(25)22-6-5-21)23-18(26)24-7-9-29-10-8-24/h1-4,14,17H,6-12H2,(H,22,25)(H,23,26)/t14-/m0/s1. The second-order valence-electron chi connectivity index (χ2n) is 6.52. The van der Waals surface area contributed by atoms with E-state index < -0.39 is 45.9 Å². The number of nitrogens with one attached hydrogen (secondary N) is 2. The topological polar surface area (TPSA) is 138 Å². The first-order valence-electron chi connectivity index (χ1n) is 9.23. The van der Waals surface area contributed by atoms with Crippen molar-refractivity contribution in [2.75, 3.05) is 38.6 Å². The van der Waals surface area contributed by atoms with Crippen molar-refractivity contribution in [1.29, 1.82) is 5.26 Å². The van der Waals surface area contributed by atoms with Crippen LogP contribution >= 0.6 is 0 Å². The molecule has 0 unspecified atom stereocenters. The summed E-state index contributed by atoms with van der Waals surface area (Å²) >= 11 is 0. The average molecular weight is 460 g/mol. The molecule has 10 nitrogen and oxygen atoms in total. The predicted octanol–water partition coefficient (Wildman–Crippen LogP) is 0.253. The van der Waals surface area contributed by atoms with Crippen LogP contribution in [0.15, 0.2) is 24.3 Å². The van der Waals surface area contributed by atoms with E-state index in [-0.39, 0.29) is 30.9 Å². The number of nitriles is 1. The maximum atomic E-state index is 12.7. The van der Waals surface area contributed by atoms with Gasteiger partial charge >= 0.3 is 12.6 Å². The summed E-state index contributed by atoms with van der Waals surface area (Å²) in [5.41, 5.74) is -0.0153. The molecule has 2 N–H and O–H groups in total. The molecule has 31 heavy (non-hydrogen) atoms. The van der Waals surface area contributed by atoms with Gasteiger partial charge in [-0.15, -0.1) is 0 Å². The quantitative estimate of drug-likeness (QED) is 0.504. The van der Waals surface area contributed by atoms with Crippen molar-refractivity contribution < 1.29 is 36.3 Å². The summed E-state index contributed by atoms with van der Waals surface area (Å²) in [7, 11) is -4.07. The van der Waals surface area contributed by atoms with Crippen molar-refractivity contribution in [3.63, 3.8) is 0 Å². The van der Waals surface area contributed by atoms with Gasteiger partial charge in [-0.25, -0.2) is 13.2 Å². The van der Waals surface area contributed by atoms with Crippen LogP contribution in [0.3, 0.4) is 0 Å². The van der Waals surface area contributed by atoms with E-state index in [4.69, 9.17) is 10.00 Å². The van der Waals surface area contributed by atoms with Crippen LogP contribution in [0.4, 0.5) is 13.6 Å². The molecular weight excluding hydrogens is 438 g/mol. The number of benzene rings is 1. The van der Waals surface area contributed by atoms with Crippen LogP contribution < -0.4 is 15.4 Å². The van der Waals surface area contributed by atoms with Crippen LogP contribution in [0.2, 0.25) is 0 Å².